The first kappa shape index (κ1) is 16.1. The molecule has 0 aliphatic carbocycles. The van der Waals surface area contributed by atoms with E-state index in [9.17, 15) is 4.79 Å². The van der Waals surface area contributed by atoms with Crippen LogP contribution in [0.4, 0.5) is 0 Å². The summed E-state index contributed by atoms with van der Waals surface area (Å²) >= 11 is 0. The number of aromatic nitrogens is 3. The van der Waals surface area contributed by atoms with Crippen LogP contribution in [0.15, 0.2) is 48.8 Å². The lowest BCUT2D eigenvalue weighted by atomic mass is 10.2. The fraction of sp³-hybridized carbons (Fsp3) is 0.278. The highest BCUT2D eigenvalue weighted by molar-refractivity contribution is 5.93. The maximum absolute atomic E-state index is 12.5. The first-order valence-electron chi connectivity index (χ1n) is 7.79. The van der Waals surface area contributed by atoms with E-state index in [1.807, 2.05) is 24.3 Å². The summed E-state index contributed by atoms with van der Waals surface area (Å²) in [7, 11) is 3.46. The van der Waals surface area contributed by atoms with E-state index in [0.29, 0.717) is 25.3 Å². The summed E-state index contributed by atoms with van der Waals surface area (Å²) in [6.07, 6.45) is 3.24. The van der Waals surface area contributed by atoms with Crippen LogP contribution in [-0.4, -0.2) is 46.1 Å². The summed E-state index contributed by atoms with van der Waals surface area (Å²) < 4.78 is 7.31. The number of pyridine rings is 1. The van der Waals surface area contributed by atoms with E-state index in [1.165, 1.54) is 0 Å². The monoisotopic (exact) mass is 324 g/mol. The van der Waals surface area contributed by atoms with E-state index in [-0.39, 0.29) is 5.91 Å². The van der Waals surface area contributed by atoms with Crippen molar-refractivity contribution in [2.45, 2.75) is 13.1 Å². The van der Waals surface area contributed by atoms with E-state index in [0.717, 1.165) is 16.9 Å². The van der Waals surface area contributed by atoms with E-state index in [2.05, 4.69) is 14.5 Å². The van der Waals surface area contributed by atoms with Gasteiger partial charge in [0, 0.05) is 38.7 Å². The molecule has 0 aliphatic rings. The molecule has 1 aromatic carbocycles. The average molecular weight is 324 g/mol. The van der Waals surface area contributed by atoms with Gasteiger partial charge in [0.15, 0.2) is 0 Å². The molecular weight excluding hydrogens is 304 g/mol. The van der Waals surface area contributed by atoms with E-state index in [1.54, 1.807) is 43.6 Å². The number of carbonyl (C=O) groups is 1. The molecule has 0 atom stereocenters. The van der Waals surface area contributed by atoms with Crippen molar-refractivity contribution in [2.75, 3.05) is 20.8 Å². The predicted molar refractivity (Wildman–Crippen MR) is 91.6 cm³/mol. The Morgan fingerprint density at radius 1 is 1.21 bits per heavy atom. The van der Waals surface area contributed by atoms with Crippen molar-refractivity contribution < 1.29 is 9.53 Å². The molecule has 0 spiro atoms. The summed E-state index contributed by atoms with van der Waals surface area (Å²) in [6.45, 7) is 1.72. The van der Waals surface area contributed by atoms with Gasteiger partial charge in [-0.05, 0) is 24.3 Å². The molecule has 1 amide bonds. The molecule has 0 fully saturated rings. The second-order valence-electron chi connectivity index (χ2n) is 5.56. The molecule has 6 heteroatoms. The molecule has 0 aliphatic heterocycles. The van der Waals surface area contributed by atoms with Crippen LogP contribution in [0.1, 0.15) is 16.2 Å². The Labute approximate surface area is 140 Å². The molecule has 0 saturated carbocycles. The maximum atomic E-state index is 12.5. The molecule has 0 unspecified atom stereocenters. The largest absolute Gasteiger partial charge is 0.383 e. The molecule has 3 aromatic rings. The Kier molecular flexibility index (Phi) is 4.86. The summed E-state index contributed by atoms with van der Waals surface area (Å²) in [5.41, 5.74) is 2.59. The van der Waals surface area contributed by atoms with Crippen LogP contribution >= 0.6 is 0 Å². The van der Waals surface area contributed by atoms with Crippen LogP contribution in [-0.2, 0) is 17.8 Å². The summed E-state index contributed by atoms with van der Waals surface area (Å²) in [5, 5.41) is 0. The molecule has 2 heterocycles. The van der Waals surface area contributed by atoms with E-state index < -0.39 is 0 Å². The number of fused-ring (bicyclic) bond motifs is 1. The van der Waals surface area contributed by atoms with Crippen LogP contribution in [0.2, 0.25) is 0 Å². The zero-order valence-electron chi connectivity index (χ0n) is 13.8. The van der Waals surface area contributed by atoms with Gasteiger partial charge in [-0.3, -0.25) is 9.78 Å². The van der Waals surface area contributed by atoms with Gasteiger partial charge in [0.2, 0.25) is 0 Å². The average Bonchev–Trinajstić information content (AvgIpc) is 2.97. The number of nitrogens with zero attached hydrogens (tertiary/aromatic N) is 4. The fourth-order valence-electron chi connectivity index (χ4n) is 2.68. The highest BCUT2D eigenvalue weighted by Crippen LogP contribution is 2.17. The second kappa shape index (κ2) is 7.23. The predicted octanol–water partition coefficient (Wildman–Crippen LogP) is 2.35. The molecule has 0 radical (unpaired) electrons. The first-order valence-corrected chi connectivity index (χ1v) is 7.79. The molecular formula is C18H20N4O2. The van der Waals surface area contributed by atoms with Crippen molar-refractivity contribution in [1.29, 1.82) is 0 Å². The molecule has 124 valence electrons. The smallest absolute Gasteiger partial charge is 0.254 e. The van der Waals surface area contributed by atoms with E-state index in [4.69, 9.17) is 4.74 Å². The number of hydrogen-bond donors (Lipinski definition) is 0. The zero-order valence-corrected chi connectivity index (χ0v) is 13.8. The molecule has 3 rings (SSSR count). The highest BCUT2D eigenvalue weighted by atomic mass is 16.5. The van der Waals surface area contributed by atoms with Gasteiger partial charge in [-0.2, -0.15) is 0 Å². The Morgan fingerprint density at radius 2 is 1.96 bits per heavy atom. The van der Waals surface area contributed by atoms with Gasteiger partial charge in [-0.1, -0.05) is 12.1 Å². The number of para-hydroxylation sites is 2. The number of benzene rings is 1. The highest BCUT2D eigenvalue weighted by Gasteiger charge is 2.16. The van der Waals surface area contributed by atoms with Crippen LogP contribution in [0.25, 0.3) is 11.0 Å². The Bertz CT molecular complexity index is 829. The third-order valence-electron chi connectivity index (χ3n) is 3.91. The van der Waals surface area contributed by atoms with E-state index >= 15 is 0 Å². The topological polar surface area (TPSA) is 60.2 Å². The van der Waals surface area contributed by atoms with Gasteiger partial charge in [0.1, 0.15) is 5.82 Å². The van der Waals surface area contributed by atoms with Gasteiger partial charge in [-0.15, -0.1) is 0 Å². The van der Waals surface area contributed by atoms with Crippen molar-refractivity contribution >= 4 is 16.9 Å². The third-order valence-corrected chi connectivity index (χ3v) is 3.91. The molecule has 0 saturated heterocycles. The number of methoxy groups -OCH3 is 1. The Hall–Kier alpha value is -2.73. The molecule has 0 bridgehead atoms. The van der Waals surface area contributed by atoms with Crippen molar-refractivity contribution in [1.82, 2.24) is 19.4 Å². The lowest BCUT2D eigenvalue weighted by Crippen LogP contribution is -2.28. The minimum atomic E-state index is -0.0530. The standard InChI is InChI=1S/C18H20N4O2/c1-21(18(23)14-7-9-19-10-8-14)13-17-20-15-5-3-4-6-16(15)22(17)11-12-24-2/h3-10H,11-13H2,1-2H3. The van der Waals surface area contributed by atoms with Gasteiger partial charge in [-0.25, -0.2) is 4.98 Å². The Balaban J connectivity index is 1.87. The maximum Gasteiger partial charge on any atom is 0.254 e. The third kappa shape index (κ3) is 3.28. The van der Waals surface area contributed by atoms with Crippen molar-refractivity contribution in [3.05, 3.63) is 60.2 Å². The number of imidazole rings is 1. The zero-order chi connectivity index (χ0) is 16.9. The minimum Gasteiger partial charge on any atom is -0.383 e. The number of rotatable bonds is 6. The van der Waals surface area contributed by atoms with Gasteiger partial charge in [0.25, 0.3) is 5.91 Å². The number of carbonyl (C=O) groups excluding carboxylic acids is 1. The molecule has 6 nitrogen and oxygen atoms in total. The molecule has 0 N–H and O–H groups in total. The quantitative estimate of drug-likeness (QED) is 0.698. The number of ether oxygens (including phenoxy) is 1. The minimum absolute atomic E-state index is 0.0530. The lowest BCUT2D eigenvalue weighted by molar-refractivity contribution is 0.0779. The van der Waals surface area contributed by atoms with Crippen molar-refractivity contribution in [3.8, 4) is 0 Å². The van der Waals surface area contributed by atoms with Crippen LogP contribution in [0.3, 0.4) is 0 Å². The van der Waals surface area contributed by atoms with Crippen LogP contribution < -0.4 is 0 Å². The number of amides is 1. The normalized spacial score (nSPS) is 10.9. The Morgan fingerprint density at radius 3 is 2.71 bits per heavy atom. The fourth-order valence-corrected chi connectivity index (χ4v) is 2.68. The van der Waals surface area contributed by atoms with Crippen molar-refractivity contribution in [2.24, 2.45) is 0 Å². The van der Waals surface area contributed by atoms with Crippen molar-refractivity contribution in [3.63, 3.8) is 0 Å². The summed E-state index contributed by atoms with van der Waals surface area (Å²) in [5.74, 6) is 0.793. The first-order chi connectivity index (χ1) is 11.7. The van der Waals surface area contributed by atoms with Gasteiger partial charge in [0.05, 0.1) is 24.2 Å². The second-order valence-corrected chi connectivity index (χ2v) is 5.56. The van der Waals surface area contributed by atoms with Crippen LogP contribution in [0.5, 0.6) is 0 Å². The number of hydrogen-bond acceptors (Lipinski definition) is 4. The molecule has 24 heavy (non-hydrogen) atoms. The summed E-state index contributed by atoms with van der Waals surface area (Å²) in [6, 6.07) is 11.4. The molecule has 2 aromatic heterocycles. The van der Waals surface area contributed by atoms with Gasteiger partial charge < -0.3 is 14.2 Å². The SMILES string of the molecule is COCCn1c(CN(C)C(=O)c2ccncc2)nc2ccccc21. The van der Waals surface area contributed by atoms with Crippen LogP contribution in [0, 0.1) is 0 Å². The summed E-state index contributed by atoms with van der Waals surface area (Å²) in [4.78, 5) is 22.8. The lowest BCUT2D eigenvalue weighted by Gasteiger charge is -2.18. The van der Waals surface area contributed by atoms with Gasteiger partial charge >= 0.3 is 0 Å².